The van der Waals surface area contributed by atoms with Crippen LogP contribution in [0.1, 0.15) is 17.2 Å². The van der Waals surface area contributed by atoms with Crippen molar-refractivity contribution < 1.29 is 44.4 Å². The molecule has 0 bridgehead atoms. The number of sulfonamides is 1. The molecule has 0 aromatic heterocycles. The number of nitrogens with one attached hydrogen (secondary N) is 1. The summed E-state index contributed by atoms with van der Waals surface area (Å²) in [5, 5.41) is 11.7. The molecule has 1 heterocycles. The Balaban J connectivity index is 1.64. The highest BCUT2D eigenvalue weighted by atomic mass is 32.2. The fourth-order valence-electron chi connectivity index (χ4n) is 3.99. The smallest absolute Gasteiger partial charge is 0.404 e. The molecule has 0 spiro atoms. The number of anilines is 1. The number of alkyl halides is 3. The Hall–Kier alpha value is -3.81. The maximum Gasteiger partial charge on any atom is 0.404 e. The van der Waals surface area contributed by atoms with Crippen LogP contribution in [0.3, 0.4) is 0 Å². The van der Waals surface area contributed by atoms with Gasteiger partial charge in [-0.3, -0.25) is 14.8 Å². The van der Waals surface area contributed by atoms with Crippen LogP contribution in [0.25, 0.3) is 11.1 Å². The number of nitrogens with zero attached hydrogens (tertiary/aromatic N) is 1. The summed E-state index contributed by atoms with van der Waals surface area (Å²) in [5.74, 6) is -6.00. The molecule has 37 heavy (non-hydrogen) atoms. The summed E-state index contributed by atoms with van der Waals surface area (Å²) in [7, 11) is -4.72. The SMILES string of the molecule is O=[N+]([O-])C1Cc2cc(-c3cccc(NS(=O)(=O)CC(F)(F)F)c3)ccc2OC1c1cc(F)c(F)cc1F. The standard InChI is InChI=1S/C23H16F6N2O5S/c24-17-10-19(26)18(25)9-16(17)22-20(31(32)33)8-14-6-13(4-5-21(14)36-22)12-2-1-3-15(7-12)30-37(34,35)11-23(27,28)29/h1-7,9-10,20,22,30H,8,11H2. The van der Waals surface area contributed by atoms with E-state index in [0.29, 0.717) is 22.8 Å². The molecule has 196 valence electrons. The van der Waals surface area contributed by atoms with Gasteiger partial charge in [-0.15, -0.1) is 0 Å². The zero-order valence-electron chi connectivity index (χ0n) is 18.4. The highest BCUT2D eigenvalue weighted by Gasteiger charge is 2.41. The molecule has 1 N–H and O–H groups in total. The number of hydrogen-bond acceptors (Lipinski definition) is 5. The summed E-state index contributed by atoms with van der Waals surface area (Å²) in [4.78, 5) is 11.0. The van der Waals surface area contributed by atoms with Gasteiger partial charge >= 0.3 is 6.18 Å². The first-order chi connectivity index (χ1) is 17.2. The summed E-state index contributed by atoms with van der Waals surface area (Å²) in [6, 6.07) is 9.10. The van der Waals surface area contributed by atoms with Crippen LogP contribution in [0.2, 0.25) is 0 Å². The van der Waals surface area contributed by atoms with Gasteiger partial charge < -0.3 is 4.74 Å². The van der Waals surface area contributed by atoms with Gasteiger partial charge in [0.2, 0.25) is 10.0 Å². The van der Waals surface area contributed by atoms with Crippen molar-refractivity contribution in [3.63, 3.8) is 0 Å². The molecule has 0 aliphatic carbocycles. The highest BCUT2D eigenvalue weighted by Crippen LogP contribution is 2.39. The van der Waals surface area contributed by atoms with Crippen molar-refractivity contribution in [2.75, 3.05) is 10.5 Å². The number of halogens is 6. The quantitative estimate of drug-likeness (QED) is 0.193. The molecule has 1 aliphatic rings. The van der Waals surface area contributed by atoms with Crippen LogP contribution in [0, 0.1) is 27.6 Å². The summed E-state index contributed by atoms with van der Waals surface area (Å²) in [6.45, 7) is 0. The van der Waals surface area contributed by atoms with E-state index in [1.165, 1.54) is 42.5 Å². The number of ether oxygens (including phenoxy) is 1. The van der Waals surface area contributed by atoms with Crippen molar-refractivity contribution in [3.05, 3.63) is 93.3 Å². The number of benzene rings is 3. The van der Waals surface area contributed by atoms with Crippen LogP contribution in [0.5, 0.6) is 5.75 Å². The fraction of sp³-hybridized carbons (Fsp3) is 0.217. The second-order valence-electron chi connectivity index (χ2n) is 8.26. The van der Waals surface area contributed by atoms with Crippen molar-refractivity contribution in [1.29, 1.82) is 0 Å². The molecule has 7 nitrogen and oxygen atoms in total. The van der Waals surface area contributed by atoms with Crippen LogP contribution >= 0.6 is 0 Å². The zero-order chi connectivity index (χ0) is 27.1. The van der Waals surface area contributed by atoms with Gasteiger partial charge in [-0.1, -0.05) is 18.2 Å². The van der Waals surface area contributed by atoms with E-state index >= 15 is 0 Å². The Morgan fingerprint density at radius 2 is 1.65 bits per heavy atom. The Morgan fingerprint density at radius 3 is 2.32 bits per heavy atom. The van der Waals surface area contributed by atoms with Crippen molar-refractivity contribution >= 4 is 15.7 Å². The van der Waals surface area contributed by atoms with Crippen LogP contribution in [-0.2, 0) is 16.4 Å². The second-order valence-corrected chi connectivity index (χ2v) is 9.99. The normalized spacial score (nSPS) is 17.6. The maximum atomic E-state index is 14.3. The summed E-state index contributed by atoms with van der Waals surface area (Å²) < 4.78 is 110. The van der Waals surface area contributed by atoms with E-state index in [2.05, 4.69) is 0 Å². The zero-order valence-corrected chi connectivity index (χ0v) is 19.2. The van der Waals surface area contributed by atoms with E-state index in [1.807, 2.05) is 4.72 Å². The van der Waals surface area contributed by atoms with E-state index in [-0.39, 0.29) is 23.9 Å². The fourth-order valence-corrected chi connectivity index (χ4v) is 4.98. The lowest BCUT2D eigenvalue weighted by Gasteiger charge is -2.29. The van der Waals surface area contributed by atoms with Gasteiger partial charge in [0.25, 0.3) is 6.04 Å². The third-order valence-electron chi connectivity index (χ3n) is 5.53. The molecule has 3 aromatic carbocycles. The van der Waals surface area contributed by atoms with Gasteiger partial charge in [-0.2, -0.15) is 13.2 Å². The third-order valence-corrected chi connectivity index (χ3v) is 6.79. The van der Waals surface area contributed by atoms with E-state index in [9.17, 15) is 44.9 Å². The predicted octanol–water partition coefficient (Wildman–Crippen LogP) is 5.40. The number of fused-ring (bicyclic) bond motifs is 1. The second kappa shape index (κ2) is 9.57. The topological polar surface area (TPSA) is 98.5 Å². The molecule has 0 amide bonds. The molecule has 2 atom stereocenters. The first-order valence-electron chi connectivity index (χ1n) is 10.5. The molecule has 3 aromatic rings. The van der Waals surface area contributed by atoms with Gasteiger partial charge in [0.05, 0.1) is 0 Å². The largest absolute Gasteiger partial charge is 0.478 e. The Morgan fingerprint density at radius 1 is 0.973 bits per heavy atom. The van der Waals surface area contributed by atoms with Gasteiger partial charge in [0, 0.05) is 34.2 Å². The average molecular weight is 546 g/mol. The Labute approximate surface area is 205 Å². The molecule has 0 fully saturated rings. The molecule has 2 unspecified atom stereocenters. The van der Waals surface area contributed by atoms with Crippen LogP contribution in [0.15, 0.2) is 54.6 Å². The number of nitro groups is 1. The molecule has 4 rings (SSSR count). The molecule has 0 saturated carbocycles. The minimum Gasteiger partial charge on any atom is -0.478 e. The van der Waals surface area contributed by atoms with Crippen molar-refractivity contribution in [2.45, 2.75) is 24.7 Å². The third kappa shape index (κ3) is 5.96. The van der Waals surface area contributed by atoms with E-state index in [1.54, 1.807) is 0 Å². The molecular formula is C23H16F6N2O5S. The van der Waals surface area contributed by atoms with Gasteiger partial charge in [0.15, 0.2) is 23.5 Å². The lowest BCUT2D eigenvalue weighted by molar-refractivity contribution is -0.535. The minimum absolute atomic E-state index is 0.123. The van der Waals surface area contributed by atoms with Crippen molar-refractivity contribution in [2.24, 2.45) is 0 Å². The van der Waals surface area contributed by atoms with E-state index in [4.69, 9.17) is 4.74 Å². The first-order valence-corrected chi connectivity index (χ1v) is 12.1. The number of hydrogen-bond donors (Lipinski definition) is 1. The van der Waals surface area contributed by atoms with Crippen LogP contribution in [0.4, 0.5) is 32.0 Å². The van der Waals surface area contributed by atoms with Crippen LogP contribution in [-0.4, -0.2) is 31.3 Å². The minimum atomic E-state index is -4.93. The summed E-state index contributed by atoms with van der Waals surface area (Å²) in [6.07, 6.45) is -6.75. The van der Waals surface area contributed by atoms with E-state index < -0.39 is 62.0 Å². The monoisotopic (exact) mass is 546 g/mol. The van der Waals surface area contributed by atoms with Crippen LogP contribution < -0.4 is 9.46 Å². The molecule has 1 aliphatic heterocycles. The lowest BCUT2D eigenvalue weighted by Crippen LogP contribution is -2.37. The maximum absolute atomic E-state index is 14.3. The summed E-state index contributed by atoms with van der Waals surface area (Å²) >= 11 is 0. The average Bonchev–Trinajstić information content (AvgIpc) is 2.78. The Kier molecular flexibility index (Phi) is 6.79. The first kappa shape index (κ1) is 26.3. The Bertz CT molecular complexity index is 1480. The van der Waals surface area contributed by atoms with Crippen molar-refractivity contribution in [1.82, 2.24) is 0 Å². The molecular weight excluding hydrogens is 530 g/mol. The number of rotatable bonds is 6. The summed E-state index contributed by atoms with van der Waals surface area (Å²) in [5.41, 5.74) is 0.476. The van der Waals surface area contributed by atoms with Gasteiger partial charge in [0.1, 0.15) is 11.6 Å². The van der Waals surface area contributed by atoms with Gasteiger partial charge in [-0.25, -0.2) is 21.6 Å². The molecule has 0 saturated heterocycles. The highest BCUT2D eigenvalue weighted by molar-refractivity contribution is 7.92. The van der Waals surface area contributed by atoms with Gasteiger partial charge in [-0.05, 0) is 41.5 Å². The lowest BCUT2D eigenvalue weighted by atomic mass is 9.91. The molecule has 14 heteroatoms. The predicted molar refractivity (Wildman–Crippen MR) is 120 cm³/mol. The van der Waals surface area contributed by atoms with Crippen molar-refractivity contribution in [3.8, 4) is 16.9 Å². The van der Waals surface area contributed by atoms with E-state index in [0.717, 1.165) is 0 Å². The molecule has 0 radical (unpaired) electrons.